The average molecular weight is 555 g/mol. The fourth-order valence-electron chi connectivity index (χ4n) is 4.12. The van der Waals surface area contributed by atoms with Gasteiger partial charge >= 0.3 is 6.09 Å². The minimum absolute atomic E-state index is 0.0241. The molecule has 2 aromatic carbocycles. The topological polar surface area (TPSA) is 93.1 Å². The zero-order valence-electron chi connectivity index (χ0n) is 20.0. The Labute approximate surface area is 210 Å². The molecule has 1 fully saturated rings. The van der Waals surface area contributed by atoms with Crippen molar-refractivity contribution in [1.29, 1.82) is 0 Å². The third-order valence-electron chi connectivity index (χ3n) is 5.81. The molecule has 1 aliphatic rings. The average Bonchev–Trinajstić information content (AvgIpc) is 3.24. The predicted octanol–water partition coefficient (Wildman–Crippen LogP) is 5.14. The monoisotopic (exact) mass is 553 g/mol. The normalized spacial score (nSPS) is 18.5. The van der Waals surface area contributed by atoms with E-state index in [1.54, 1.807) is 62.1 Å². The second-order valence-corrected chi connectivity index (χ2v) is 12.1. The smallest absolute Gasteiger partial charge is 0.410 e. The van der Waals surface area contributed by atoms with Crippen LogP contribution in [0.3, 0.4) is 0 Å². The summed E-state index contributed by atoms with van der Waals surface area (Å²) in [7, 11) is -3.99. The van der Waals surface area contributed by atoms with Crippen molar-refractivity contribution in [2.24, 2.45) is 0 Å². The SMILES string of the molecule is Cc1ccc(S(=O)(=O)OCC[C@](O)(c2ccc(Br)cc2)C2CCCN2C(=O)OC(C)(C)C)cc1. The summed E-state index contributed by atoms with van der Waals surface area (Å²) in [5.41, 5.74) is -0.693. The first-order valence-electron chi connectivity index (χ1n) is 11.3. The van der Waals surface area contributed by atoms with Gasteiger partial charge in [0, 0.05) is 17.4 Å². The van der Waals surface area contributed by atoms with Crippen LogP contribution in [0, 0.1) is 6.92 Å². The summed E-state index contributed by atoms with van der Waals surface area (Å²) in [6, 6.07) is 12.9. The van der Waals surface area contributed by atoms with E-state index in [4.69, 9.17) is 8.92 Å². The summed E-state index contributed by atoms with van der Waals surface area (Å²) in [6.45, 7) is 7.44. The number of hydrogen-bond acceptors (Lipinski definition) is 6. The Morgan fingerprint density at radius 2 is 1.74 bits per heavy atom. The molecule has 7 nitrogen and oxygen atoms in total. The van der Waals surface area contributed by atoms with Crippen molar-refractivity contribution in [2.45, 2.75) is 69.1 Å². The summed E-state index contributed by atoms with van der Waals surface area (Å²) >= 11 is 3.40. The van der Waals surface area contributed by atoms with Gasteiger partial charge in [0.1, 0.15) is 11.2 Å². The van der Waals surface area contributed by atoms with E-state index in [9.17, 15) is 18.3 Å². The number of benzene rings is 2. The summed E-state index contributed by atoms with van der Waals surface area (Å²) < 4.78 is 37.0. The molecule has 1 heterocycles. The van der Waals surface area contributed by atoms with Gasteiger partial charge in [-0.1, -0.05) is 45.8 Å². The van der Waals surface area contributed by atoms with E-state index in [0.717, 1.165) is 10.0 Å². The summed E-state index contributed by atoms with van der Waals surface area (Å²) in [4.78, 5) is 14.5. The van der Waals surface area contributed by atoms with Gasteiger partial charge in [0.05, 0.1) is 17.5 Å². The molecule has 0 bridgehead atoms. The van der Waals surface area contributed by atoms with Gasteiger partial charge in [-0.2, -0.15) is 8.42 Å². The van der Waals surface area contributed by atoms with Gasteiger partial charge < -0.3 is 14.7 Å². The van der Waals surface area contributed by atoms with Gasteiger partial charge in [-0.15, -0.1) is 0 Å². The molecule has 0 aliphatic carbocycles. The van der Waals surface area contributed by atoms with Crippen LogP contribution in [0.4, 0.5) is 4.79 Å². The van der Waals surface area contributed by atoms with E-state index in [-0.39, 0.29) is 17.9 Å². The number of halogens is 1. The van der Waals surface area contributed by atoms with Gasteiger partial charge in [-0.05, 0) is 70.4 Å². The lowest BCUT2D eigenvalue weighted by Crippen LogP contribution is -2.51. The van der Waals surface area contributed by atoms with Crippen molar-refractivity contribution in [1.82, 2.24) is 4.90 Å². The van der Waals surface area contributed by atoms with Crippen molar-refractivity contribution < 1.29 is 27.2 Å². The number of aliphatic hydroxyl groups is 1. The number of carbonyl (C=O) groups excluding carboxylic acids is 1. The molecule has 2 atom stereocenters. The Hall–Kier alpha value is -1.94. The maximum absolute atomic E-state index is 12.9. The molecular weight excluding hydrogens is 522 g/mol. The first-order valence-corrected chi connectivity index (χ1v) is 13.5. The van der Waals surface area contributed by atoms with Gasteiger partial charge in [-0.25, -0.2) is 4.79 Å². The van der Waals surface area contributed by atoms with Crippen LogP contribution < -0.4 is 0 Å². The molecule has 0 radical (unpaired) electrons. The Kier molecular flexibility index (Phi) is 8.12. The summed E-state index contributed by atoms with van der Waals surface area (Å²) in [5.74, 6) is 0. The highest BCUT2D eigenvalue weighted by Crippen LogP contribution is 2.39. The molecule has 1 saturated heterocycles. The molecule has 186 valence electrons. The van der Waals surface area contributed by atoms with Crippen molar-refractivity contribution in [3.8, 4) is 0 Å². The van der Waals surface area contributed by atoms with Gasteiger partial charge in [-0.3, -0.25) is 4.18 Å². The minimum Gasteiger partial charge on any atom is -0.444 e. The zero-order valence-corrected chi connectivity index (χ0v) is 22.4. The molecular formula is C25H32BrNO6S. The van der Waals surface area contributed by atoms with Crippen molar-refractivity contribution in [3.63, 3.8) is 0 Å². The molecule has 0 aromatic heterocycles. The fraction of sp³-hybridized carbons (Fsp3) is 0.480. The zero-order chi connectivity index (χ0) is 25.1. The third kappa shape index (κ3) is 6.38. The maximum atomic E-state index is 12.9. The largest absolute Gasteiger partial charge is 0.444 e. The third-order valence-corrected chi connectivity index (χ3v) is 7.66. The number of rotatable bonds is 7. The molecule has 3 rings (SSSR count). The number of carbonyl (C=O) groups is 1. The number of nitrogens with zero attached hydrogens (tertiary/aromatic N) is 1. The first kappa shape index (κ1) is 26.7. The fourth-order valence-corrected chi connectivity index (χ4v) is 5.30. The van der Waals surface area contributed by atoms with E-state index >= 15 is 0 Å². The highest BCUT2D eigenvalue weighted by molar-refractivity contribution is 9.10. The van der Waals surface area contributed by atoms with E-state index in [1.807, 2.05) is 6.92 Å². The molecule has 1 aliphatic heterocycles. The van der Waals surface area contributed by atoms with E-state index in [0.29, 0.717) is 24.9 Å². The number of hydrogen-bond donors (Lipinski definition) is 1. The molecule has 1 amide bonds. The predicted molar refractivity (Wildman–Crippen MR) is 133 cm³/mol. The van der Waals surface area contributed by atoms with Crippen LogP contribution in [0.5, 0.6) is 0 Å². The second-order valence-electron chi connectivity index (χ2n) is 9.60. The minimum atomic E-state index is -3.99. The van der Waals surface area contributed by atoms with Crippen molar-refractivity contribution >= 4 is 32.1 Å². The number of likely N-dealkylation sites (tertiary alicyclic amines) is 1. The van der Waals surface area contributed by atoms with E-state index in [1.165, 1.54) is 12.1 Å². The van der Waals surface area contributed by atoms with Crippen LogP contribution in [0.1, 0.15) is 51.2 Å². The first-order chi connectivity index (χ1) is 15.8. The Morgan fingerprint density at radius 3 is 2.32 bits per heavy atom. The number of aryl methyl sites for hydroxylation is 1. The summed E-state index contributed by atoms with van der Waals surface area (Å²) in [5, 5.41) is 12.0. The molecule has 0 saturated carbocycles. The molecule has 1 N–H and O–H groups in total. The lowest BCUT2D eigenvalue weighted by Gasteiger charge is -2.40. The van der Waals surface area contributed by atoms with Crippen molar-refractivity contribution in [3.05, 3.63) is 64.1 Å². The molecule has 9 heteroatoms. The lowest BCUT2D eigenvalue weighted by molar-refractivity contribution is -0.0590. The second kappa shape index (κ2) is 10.4. The van der Waals surface area contributed by atoms with Gasteiger partial charge in [0.15, 0.2) is 0 Å². The standard InChI is InChI=1S/C25H32BrNO6S/c1-18-7-13-21(14-8-18)34(30,31)32-17-15-25(29,19-9-11-20(26)12-10-19)22-6-5-16-27(22)23(28)33-24(2,3)4/h7-14,22,29H,5-6,15-17H2,1-4H3/t22?,25-/m0/s1. The molecule has 34 heavy (non-hydrogen) atoms. The van der Waals surface area contributed by atoms with Crippen LogP contribution in [0.15, 0.2) is 57.9 Å². The quantitative estimate of drug-likeness (QED) is 0.477. The Morgan fingerprint density at radius 1 is 1.12 bits per heavy atom. The van der Waals surface area contributed by atoms with E-state index < -0.39 is 33.5 Å². The van der Waals surface area contributed by atoms with Crippen LogP contribution >= 0.6 is 15.9 Å². The van der Waals surface area contributed by atoms with Crippen LogP contribution in [0.25, 0.3) is 0 Å². The maximum Gasteiger partial charge on any atom is 0.410 e. The van der Waals surface area contributed by atoms with Crippen LogP contribution in [-0.4, -0.2) is 49.3 Å². The molecule has 0 spiro atoms. The van der Waals surface area contributed by atoms with Crippen LogP contribution in [0.2, 0.25) is 0 Å². The molecule has 2 aromatic rings. The van der Waals surface area contributed by atoms with E-state index in [2.05, 4.69) is 15.9 Å². The highest BCUT2D eigenvalue weighted by Gasteiger charge is 2.47. The number of amides is 1. The van der Waals surface area contributed by atoms with Gasteiger partial charge in [0.25, 0.3) is 10.1 Å². The van der Waals surface area contributed by atoms with Crippen molar-refractivity contribution in [2.75, 3.05) is 13.2 Å². The summed E-state index contributed by atoms with van der Waals surface area (Å²) in [6.07, 6.45) is 0.726. The van der Waals surface area contributed by atoms with Crippen LogP contribution in [-0.2, 0) is 24.6 Å². The Bertz CT molecular complexity index is 1100. The highest BCUT2D eigenvalue weighted by atomic mass is 79.9. The lowest BCUT2D eigenvalue weighted by atomic mass is 9.82. The number of ether oxygens (including phenoxy) is 1. The van der Waals surface area contributed by atoms with Gasteiger partial charge in [0.2, 0.25) is 0 Å². The molecule has 1 unspecified atom stereocenters. The Balaban J connectivity index is 1.85.